The number of nitrogens with zero attached hydrogens (tertiary/aromatic N) is 1. The number of carboxylic acid groups (broad SMARTS) is 1. The van der Waals surface area contributed by atoms with E-state index in [0.29, 0.717) is 19.4 Å². The molecule has 7 nitrogen and oxygen atoms in total. The topological polar surface area (TPSA) is 95.9 Å². The Morgan fingerprint density at radius 3 is 2.54 bits per heavy atom. The molecule has 7 heteroatoms. The fraction of sp³-hybridized carbons (Fsp3) is 0.842. The quantitative estimate of drug-likeness (QED) is 0.636. The molecule has 2 rings (SSSR count). The van der Waals surface area contributed by atoms with Gasteiger partial charge in [-0.1, -0.05) is 26.2 Å². The highest BCUT2D eigenvalue weighted by atomic mass is 16.5. The summed E-state index contributed by atoms with van der Waals surface area (Å²) in [5.74, 6) is -1.24. The Morgan fingerprint density at radius 1 is 1.23 bits per heavy atom. The summed E-state index contributed by atoms with van der Waals surface area (Å²) in [7, 11) is 0. The summed E-state index contributed by atoms with van der Waals surface area (Å²) in [6.45, 7) is 5.72. The summed E-state index contributed by atoms with van der Waals surface area (Å²) in [5, 5.41) is 12.7. The number of amides is 1. The van der Waals surface area contributed by atoms with Crippen LogP contribution in [0.1, 0.15) is 65.7 Å². The monoisotopic (exact) mass is 368 g/mol. The third-order valence-electron chi connectivity index (χ3n) is 5.60. The molecule has 5 atom stereocenters. The zero-order valence-electron chi connectivity index (χ0n) is 16.1. The standard InChI is InChI=1S/C19H32N2O5/c1-4-8-14(19(25)26-5-2)20-12(3)17(22)21-15-10-7-6-9-13(15)11-16(21)18(23)24/h12-16,20H,4-11H2,1-3H3,(H,23,24)/t12-,13-,14+,15-,16+/m1/s1. The number of carbonyl (C=O) groups is 3. The molecule has 1 aliphatic heterocycles. The molecule has 1 saturated heterocycles. The van der Waals surface area contributed by atoms with Crippen LogP contribution in [0.2, 0.25) is 0 Å². The van der Waals surface area contributed by atoms with E-state index in [2.05, 4.69) is 5.32 Å². The van der Waals surface area contributed by atoms with Gasteiger partial charge in [-0.15, -0.1) is 0 Å². The van der Waals surface area contributed by atoms with Gasteiger partial charge in [-0.25, -0.2) is 4.79 Å². The largest absolute Gasteiger partial charge is 0.480 e. The van der Waals surface area contributed by atoms with Crippen molar-refractivity contribution in [1.82, 2.24) is 10.2 Å². The zero-order chi connectivity index (χ0) is 19.3. The van der Waals surface area contributed by atoms with Gasteiger partial charge in [0.25, 0.3) is 0 Å². The third-order valence-corrected chi connectivity index (χ3v) is 5.60. The van der Waals surface area contributed by atoms with Gasteiger partial charge >= 0.3 is 11.9 Å². The SMILES string of the molecule is CCC[C@H](N[C@H](C)C(=O)N1[C@@H]2CCCC[C@@H]2C[C@H]1C(=O)O)C(=O)OCC. The van der Waals surface area contributed by atoms with Crippen LogP contribution in [0.5, 0.6) is 0 Å². The first-order chi connectivity index (χ1) is 12.4. The molecule has 0 spiro atoms. The van der Waals surface area contributed by atoms with Crippen molar-refractivity contribution >= 4 is 17.8 Å². The van der Waals surface area contributed by atoms with Crippen LogP contribution < -0.4 is 5.32 Å². The Balaban J connectivity index is 2.10. The minimum atomic E-state index is -0.935. The van der Waals surface area contributed by atoms with Crippen molar-refractivity contribution in [1.29, 1.82) is 0 Å². The first-order valence-electron chi connectivity index (χ1n) is 9.88. The lowest BCUT2D eigenvalue weighted by Gasteiger charge is -2.35. The predicted octanol–water partition coefficient (Wildman–Crippen LogP) is 1.94. The number of carboxylic acids is 1. The van der Waals surface area contributed by atoms with Gasteiger partial charge in [-0.2, -0.15) is 0 Å². The van der Waals surface area contributed by atoms with Crippen molar-refractivity contribution in [2.75, 3.05) is 6.61 Å². The maximum atomic E-state index is 13.1. The molecule has 1 aliphatic carbocycles. The first-order valence-corrected chi connectivity index (χ1v) is 9.88. The minimum absolute atomic E-state index is 0.00817. The van der Waals surface area contributed by atoms with Crippen LogP contribution in [-0.2, 0) is 19.1 Å². The van der Waals surface area contributed by atoms with E-state index in [4.69, 9.17) is 4.74 Å². The molecule has 0 aromatic heterocycles. The van der Waals surface area contributed by atoms with E-state index < -0.39 is 24.1 Å². The summed E-state index contributed by atoms with van der Waals surface area (Å²) >= 11 is 0. The van der Waals surface area contributed by atoms with Crippen molar-refractivity contribution in [2.45, 2.75) is 89.9 Å². The fourth-order valence-corrected chi connectivity index (χ4v) is 4.39. The number of carbonyl (C=O) groups excluding carboxylic acids is 2. The second-order valence-corrected chi connectivity index (χ2v) is 7.43. The lowest BCUT2D eigenvalue weighted by molar-refractivity contribution is -0.152. The summed E-state index contributed by atoms with van der Waals surface area (Å²) < 4.78 is 5.09. The van der Waals surface area contributed by atoms with Gasteiger partial charge in [0.15, 0.2) is 0 Å². The molecule has 0 radical (unpaired) electrons. The van der Waals surface area contributed by atoms with Crippen LogP contribution in [-0.4, -0.2) is 58.6 Å². The molecule has 26 heavy (non-hydrogen) atoms. The van der Waals surface area contributed by atoms with E-state index in [0.717, 1.165) is 32.1 Å². The van der Waals surface area contributed by atoms with Crippen LogP contribution in [0.3, 0.4) is 0 Å². The Bertz CT molecular complexity index is 524. The van der Waals surface area contributed by atoms with Crippen molar-refractivity contribution in [3.05, 3.63) is 0 Å². The summed E-state index contributed by atoms with van der Waals surface area (Å²) in [6.07, 6.45) is 5.87. The van der Waals surface area contributed by atoms with Gasteiger partial charge in [0.2, 0.25) is 5.91 Å². The second kappa shape index (κ2) is 9.35. The maximum absolute atomic E-state index is 13.1. The van der Waals surface area contributed by atoms with Crippen LogP contribution in [0.4, 0.5) is 0 Å². The van der Waals surface area contributed by atoms with Crippen molar-refractivity contribution < 1.29 is 24.2 Å². The van der Waals surface area contributed by atoms with Gasteiger partial charge in [0.05, 0.1) is 12.6 Å². The Labute approximate surface area is 155 Å². The number of fused-ring (bicyclic) bond motifs is 1. The number of rotatable bonds is 8. The predicted molar refractivity (Wildman–Crippen MR) is 96.6 cm³/mol. The van der Waals surface area contributed by atoms with Crippen LogP contribution in [0.25, 0.3) is 0 Å². The molecule has 0 bridgehead atoms. The van der Waals surface area contributed by atoms with Gasteiger partial charge in [0, 0.05) is 6.04 Å². The Hall–Kier alpha value is -1.63. The lowest BCUT2D eigenvalue weighted by Crippen LogP contribution is -2.55. The average molecular weight is 368 g/mol. The molecule has 1 heterocycles. The number of likely N-dealkylation sites (tertiary alicyclic amines) is 1. The molecule has 148 valence electrons. The fourth-order valence-electron chi connectivity index (χ4n) is 4.39. The van der Waals surface area contributed by atoms with Gasteiger partial charge in [-0.05, 0) is 45.4 Å². The van der Waals surface area contributed by atoms with Gasteiger partial charge in [-0.3, -0.25) is 14.9 Å². The summed E-state index contributed by atoms with van der Waals surface area (Å²) in [4.78, 5) is 38.5. The number of ether oxygens (including phenoxy) is 1. The lowest BCUT2D eigenvalue weighted by atomic mass is 9.84. The number of esters is 1. The number of nitrogens with one attached hydrogen (secondary N) is 1. The van der Waals surface area contributed by atoms with Crippen molar-refractivity contribution in [2.24, 2.45) is 5.92 Å². The van der Waals surface area contributed by atoms with Crippen molar-refractivity contribution in [3.63, 3.8) is 0 Å². The highest BCUT2D eigenvalue weighted by molar-refractivity contribution is 5.88. The molecule has 1 amide bonds. The average Bonchev–Trinajstić information content (AvgIpc) is 3.00. The van der Waals surface area contributed by atoms with Crippen LogP contribution in [0, 0.1) is 5.92 Å². The normalized spacial score (nSPS) is 27.5. The Kier molecular flexibility index (Phi) is 7.43. The maximum Gasteiger partial charge on any atom is 0.326 e. The molecule has 0 aromatic carbocycles. The highest BCUT2D eigenvalue weighted by Gasteiger charge is 2.48. The first kappa shape index (κ1) is 20.7. The number of aliphatic carboxylic acids is 1. The smallest absolute Gasteiger partial charge is 0.326 e. The molecule has 2 fully saturated rings. The molecular formula is C19H32N2O5. The minimum Gasteiger partial charge on any atom is -0.480 e. The zero-order valence-corrected chi connectivity index (χ0v) is 16.1. The number of hydrogen-bond donors (Lipinski definition) is 2. The molecular weight excluding hydrogens is 336 g/mol. The van der Waals surface area contributed by atoms with E-state index in [1.807, 2.05) is 6.92 Å². The van der Waals surface area contributed by atoms with E-state index in [1.165, 1.54) is 0 Å². The second-order valence-electron chi connectivity index (χ2n) is 7.43. The number of hydrogen-bond acceptors (Lipinski definition) is 5. The van der Waals surface area contributed by atoms with Gasteiger partial charge < -0.3 is 14.7 Å². The van der Waals surface area contributed by atoms with Gasteiger partial charge in [0.1, 0.15) is 12.1 Å². The van der Waals surface area contributed by atoms with Crippen LogP contribution in [0.15, 0.2) is 0 Å². The molecule has 2 aliphatic rings. The molecule has 2 N–H and O–H groups in total. The summed E-state index contributed by atoms with van der Waals surface area (Å²) in [6, 6.07) is -1.92. The molecule has 1 saturated carbocycles. The third kappa shape index (κ3) is 4.55. The van der Waals surface area contributed by atoms with E-state index in [-0.39, 0.29) is 23.8 Å². The highest BCUT2D eigenvalue weighted by Crippen LogP contribution is 2.40. The van der Waals surface area contributed by atoms with Crippen molar-refractivity contribution in [3.8, 4) is 0 Å². The summed E-state index contributed by atoms with van der Waals surface area (Å²) in [5.41, 5.74) is 0. The van der Waals surface area contributed by atoms with E-state index in [1.54, 1.807) is 18.7 Å². The molecule has 0 aromatic rings. The molecule has 0 unspecified atom stereocenters. The van der Waals surface area contributed by atoms with E-state index >= 15 is 0 Å². The Morgan fingerprint density at radius 2 is 1.92 bits per heavy atom. The van der Waals surface area contributed by atoms with Crippen LogP contribution >= 0.6 is 0 Å². The van der Waals surface area contributed by atoms with E-state index in [9.17, 15) is 19.5 Å².